The zero-order valence-corrected chi connectivity index (χ0v) is 17.2. The molecule has 0 saturated carbocycles. The lowest BCUT2D eigenvalue weighted by Gasteiger charge is -2.09. The third kappa shape index (κ3) is 6.09. The van der Waals surface area contributed by atoms with Crippen LogP contribution in [0.4, 0.5) is 5.69 Å². The molecule has 158 valence electrons. The van der Waals surface area contributed by atoms with Gasteiger partial charge in [-0.05, 0) is 50.3 Å². The molecule has 0 saturated heterocycles. The van der Waals surface area contributed by atoms with Crippen molar-refractivity contribution in [2.75, 3.05) is 39.6 Å². The molecule has 0 bridgehead atoms. The number of methoxy groups -OCH3 is 1. The van der Waals surface area contributed by atoms with E-state index >= 15 is 0 Å². The van der Waals surface area contributed by atoms with Crippen LogP contribution in [0.5, 0.6) is 11.6 Å². The Kier molecular flexibility index (Phi) is 6.11. The van der Waals surface area contributed by atoms with Crippen molar-refractivity contribution in [3.05, 3.63) is 71.9 Å². The molecule has 0 aliphatic rings. The van der Waals surface area contributed by atoms with Gasteiger partial charge in [0.1, 0.15) is 11.4 Å². The highest BCUT2D eigenvalue weighted by Gasteiger charge is 2.17. The third-order valence-electron chi connectivity index (χ3n) is 4.39. The van der Waals surface area contributed by atoms with Crippen LogP contribution in [-0.2, 0) is 6.54 Å². The van der Waals surface area contributed by atoms with Crippen LogP contribution in [0, 0.1) is 0 Å². The molecule has 0 fully saturated rings. The molecule has 1 aromatic heterocycles. The first-order valence-electron chi connectivity index (χ1n) is 11.2. The Morgan fingerprint density at radius 1 is 1.17 bits per heavy atom. The van der Waals surface area contributed by atoms with Crippen LogP contribution in [0.25, 0.3) is 0 Å². The predicted molar refractivity (Wildman–Crippen MR) is 117 cm³/mol. The van der Waals surface area contributed by atoms with Gasteiger partial charge >= 0.3 is 0 Å². The number of nitrogens with zero attached hydrogens (tertiary/aromatic N) is 3. The molecule has 3 rings (SSSR count). The van der Waals surface area contributed by atoms with Gasteiger partial charge in [0.2, 0.25) is 5.88 Å². The predicted octanol–water partition coefficient (Wildman–Crippen LogP) is 3.52. The zero-order valence-electron chi connectivity index (χ0n) is 20.2. The zero-order chi connectivity index (χ0) is 23.8. The maximum atomic E-state index is 13.0. The summed E-state index contributed by atoms with van der Waals surface area (Å²) in [5, 5.41) is 7.29. The Bertz CT molecular complexity index is 1040. The fourth-order valence-corrected chi connectivity index (χ4v) is 2.88. The summed E-state index contributed by atoms with van der Waals surface area (Å²) in [5.74, 6) is 0.220. The maximum absolute atomic E-state index is 13.0. The van der Waals surface area contributed by atoms with Crippen molar-refractivity contribution in [2.45, 2.75) is 13.0 Å². The number of carbonyl (C=O) groups excluding carboxylic acids is 1. The number of hydrogen-bond donors (Lipinski definition) is 1. The first kappa shape index (κ1) is 17.5. The van der Waals surface area contributed by atoms with Gasteiger partial charge < -0.3 is 19.7 Å². The van der Waals surface area contributed by atoms with Crippen LogP contribution in [0.2, 0.25) is 0 Å². The van der Waals surface area contributed by atoms with Crippen molar-refractivity contribution in [1.29, 1.82) is 0 Å². The molecule has 1 heterocycles. The number of nitrogens with one attached hydrogen (secondary N) is 1. The van der Waals surface area contributed by atoms with E-state index in [0.29, 0.717) is 30.4 Å². The van der Waals surface area contributed by atoms with Crippen LogP contribution in [0.1, 0.15) is 26.6 Å². The largest absolute Gasteiger partial charge is 0.497 e. The van der Waals surface area contributed by atoms with Gasteiger partial charge in [0.15, 0.2) is 0 Å². The highest BCUT2D eigenvalue weighted by molar-refractivity contribution is 6.03. The molecule has 2 aromatic carbocycles. The normalized spacial score (nSPS) is 12.7. The lowest BCUT2D eigenvalue weighted by atomic mass is 10.2. The third-order valence-corrected chi connectivity index (χ3v) is 4.39. The average Bonchev–Trinajstić information content (AvgIpc) is 3.15. The van der Waals surface area contributed by atoms with E-state index in [1.807, 2.05) is 44.4 Å². The second-order valence-corrected chi connectivity index (χ2v) is 7.10. The number of benzene rings is 2. The van der Waals surface area contributed by atoms with Crippen molar-refractivity contribution in [1.82, 2.24) is 14.7 Å². The topological polar surface area (TPSA) is 68.6 Å². The lowest BCUT2D eigenvalue weighted by Crippen LogP contribution is -2.18. The number of amides is 1. The Balaban J connectivity index is 1.73. The Morgan fingerprint density at radius 2 is 1.93 bits per heavy atom. The van der Waals surface area contributed by atoms with E-state index in [-0.39, 0.29) is 11.7 Å². The molecule has 0 spiro atoms. The highest BCUT2D eigenvalue weighted by Crippen LogP contribution is 2.19. The fraction of sp³-hybridized carbons (Fsp3) is 0.304. The van der Waals surface area contributed by atoms with Crippen molar-refractivity contribution >= 4 is 11.6 Å². The smallest absolute Gasteiger partial charge is 0.274 e. The average molecular weight is 412 g/mol. The summed E-state index contributed by atoms with van der Waals surface area (Å²) in [6, 6.07) is 17.5. The first-order valence-corrected chi connectivity index (χ1v) is 9.69. The van der Waals surface area contributed by atoms with Gasteiger partial charge in [-0.3, -0.25) is 9.48 Å². The van der Waals surface area contributed by atoms with E-state index < -0.39 is 7.04 Å². The van der Waals surface area contributed by atoms with E-state index in [4.69, 9.17) is 13.6 Å². The molecule has 7 heteroatoms. The lowest BCUT2D eigenvalue weighted by molar-refractivity contribution is 0.101. The number of ether oxygens (including phenoxy) is 2. The Hall–Kier alpha value is -3.32. The van der Waals surface area contributed by atoms with Gasteiger partial charge in [-0.15, -0.1) is 5.10 Å². The summed E-state index contributed by atoms with van der Waals surface area (Å²) < 4.78 is 33.7. The van der Waals surface area contributed by atoms with Crippen molar-refractivity contribution in [2.24, 2.45) is 0 Å². The van der Waals surface area contributed by atoms with E-state index in [2.05, 4.69) is 15.3 Å². The summed E-state index contributed by atoms with van der Waals surface area (Å²) in [6.07, 6.45) is 0.838. The van der Waals surface area contributed by atoms with Gasteiger partial charge in [-0.25, -0.2) is 0 Å². The van der Waals surface area contributed by atoms with Crippen molar-refractivity contribution in [3.63, 3.8) is 0 Å². The minimum atomic E-state index is -2.53. The molecule has 0 atom stereocenters. The molecule has 30 heavy (non-hydrogen) atoms. The van der Waals surface area contributed by atoms with Crippen LogP contribution in [0.3, 0.4) is 0 Å². The van der Waals surface area contributed by atoms with Gasteiger partial charge in [0.25, 0.3) is 5.91 Å². The number of carbonyl (C=O) groups is 1. The Morgan fingerprint density at radius 3 is 2.63 bits per heavy atom. The van der Waals surface area contributed by atoms with E-state index in [1.54, 1.807) is 22.9 Å². The summed E-state index contributed by atoms with van der Waals surface area (Å²) in [6.45, 7) is 1.79. The standard InChI is InChI=1S/C23H28N4O3/c1-26(2)14-7-15-30-22-16-21(27(25-22)17-18-8-5-4-6-9-18)23(28)24-19-10-12-20(29-3)13-11-19/h4-6,8-13,16H,7,14-15,17H2,1-3H3,(H,24,28)/i3D3. The molecule has 1 amide bonds. The molecule has 1 N–H and O–H groups in total. The van der Waals surface area contributed by atoms with Gasteiger partial charge in [0, 0.05) is 18.3 Å². The minimum Gasteiger partial charge on any atom is -0.497 e. The van der Waals surface area contributed by atoms with E-state index in [9.17, 15) is 4.79 Å². The van der Waals surface area contributed by atoms with E-state index in [1.165, 1.54) is 12.1 Å². The first-order chi connectivity index (χ1) is 15.7. The summed E-state index contributed by atoms with van der Waals surface area (Å²) in [5.41, 5.74) is 1.85. The van der Waals surface area contributed by atoms with Gasteiger partial charge in [-0.1, -0.05) is 30.3 Å². The summed E-state index contributed by atoms with van der Waals surface area (Å²) in [7, 11) is 1.47. The monoisotopic (exact) mass is 411 g/mol. The van der Waals surface area contributed by atoms with Crippen LogP contribution in [0.15, 0.2) is 60.7 Å². The van der Waals surface area contributed by atoms with Crippen LogP contribution in [-0.4, -0.2) is 54.9 Å². The molecule has 0 radical (unpaired) electrons. The minimum absolute atomic E-state index is 0.190. The number of aromatic nitrogens is 2. The quantitative estimate of drug-likeness (QED) is 0.517. The van der Waals surface area contributed by atoms with Gasteiger partial charge in [0.05, 0.1) is 24.3 Å². The number of hydrogen-bond acceptors (Lipinski definition) is 5. The SMILES string of the molecule is [2H]C([2H])([2H])Oc1ccc(NC(=O)c2cc(OCCCN(C)C)nn2Cc2ccccc2)cc1. The fourth-order valence-electron chi connectivity index (χ4n) is 2.88. The molecule has 0 aliphatic carbocycles. The van der Waals surface area contributed by atoms with Gasteiger partial charge in [-0.2, -0.15) is 0 Å². The van der Waals surface area contributed by atoms with Crippen molar-refractivity contribution < 1.29 is 18.4 Å². The van der Waals surface area contributed by atoms with Crippen LogP contribution < -0.4 is 14.8 Å². The molecular weight excluding hydrogens is 380 g/mol. The molecule has 0 unspecified atom stereocenters. The number of anilines is 1. The van der Waals surface area contributed by atoms with Crippen molar-refractivity contribution in [3.8, 4) is 11.6 Å². The maximum Gasteiger partial charge on any atom is 0.274 e. The second kappa shape index (κ2) is 10.5. The Labute approximate surface area is 181 Å². The second-order valence-electron chi connectivity index (χ2n) is 7.10. The molecule has 7 nitrogen and oxygen atoms in total. The summed E-state index contributed by atoms with van der Waals surface area (Å²) >= 11 is 0. The molecular formula is C23H28N4O3. The molecule has 3 aromatic rings. The number of rotatable bonds is 10. The van der Waals surface area contributed by atoms with E-state index in [0.717, 1.165) is 18.5 Å². The molecule has 0 aliphatic heterocycles. The highest BCUT2D eigenvalue weighted by atomic mass is 16.5. The van der Waals surface area contributed by atoms with Crippen LogP contribution >= 0.6 is 0 Å². The summed E-state index contributed by atoms with van der Waals surface area (Å²) in [4.78, 5) is 15.1.